The number of anilines is 1. The fourth-order valence-corrected chi connectivity index (χ4v) is 2.96. The predicted octanol–water partition coefficient (Wildman–Crippen LogP) is 1.80. The zero-order valence-corrected chi connectivity index (χ0v) is 13.3. The molecule has 0 radical (unpaired) electrons. The van der Waals surface area contributed by atoms with Gasteiger partial charge in [-0.2, -0.15) is 5.26 Å². The number of likely N-dealkylation sites (N-methyl/N-ethyl adjacent to an activating group) is 1. The molecule has 6 heteroatoms. The van der Waals surface area contributed by atoms with Crippen LogP contribution < -0.4 is 5.32 Å². The first kappa shape index (κ1) is 16.5. The summed E-state index contributed by atoms with van der Waals surface area (Å²) in [6.45, 7) is 4.45. The van der Waals surface area contributed by atoms with Crippen molar-refractivity contribution in [1.29, 1.82) is 5.26 Å². The molecule has 120 valence electrons. The summed E-state index contributed by atoms with van der Waals surface area (Å²) in [5, 5.41) is 21.6. The fraction of sp³-hybridized carbons (Fsp3) is 0.625. The van der Waals surface area contributed by atoms with Gasteiger partial charge in [0.1, 0.15) is 17.4 Å². The summed E-state index contributed by atoms with van der Waals surface area (Å²) in [5.74, 6) is 0.867. The molecular weight excluding hydrogens is 282 g/mol. The van der Waals surface area contributed by atoms with E-state index in [0.29, 0.717) is 17.9 Å². The summed E-state index contributed by atoms with van der Waals surface area (Å²) in [4.78, 5) is 14.0. The van der Waals surface area contributed by atoms with Crippen molar-refractivity contribution in [3.05, 3.63) is 16.9 Å². The van der Waals surface area contributed by atoms with Gasteiger partial charge < -0.3 is 9.52 Å². The number of aryl methyl sites for hydroxylation is 1. The maximum atomic E-state index is 12.1. The van der Waals surface area contributed by atoms with Crippen LogP contribution >= 0.6 is 0 Å². The first-order valence-electron chi connectivity index (χ1n) is 7.59. The van der Waals surface area contributed by atoms with Crippen molar-refractivity contribution in [3.63, 3.8) is 0 Å². The van der Waals surface area contributed by atoms with Crippen molar-refractivity contribution in [2.24, 2.45) is 5.92 Å². The smallest absolute Gasteiger partial charge is 0.240 e. The Bertz CT molecular complexity index is 588. The Morgan fingerprint density at radius 3 is 2.82 bits per heavy atom. The van der Waals surface area contributed by atoms with Crippen molar-refractivity contribution in [2.45, 2.75) is 39.2 Å². The van der Waals surface area contributed by atoms with Crippen LogP contribution in [0.4, 0.5) is 5.88 Å². The molecule has 2 rings (SSSR count). The van der Waals surface area contributed by atoms with Crippen LogP contribution in [0.15, 0.2) is 4.42 Å². The second-order valence-electron chi connectivity index (χ2n) is 6.10. The quantitative estimate of drug-likeness (QED) is 0.866. The number of aliphatic hydroxyl groups excluding tert-OH is 1. The minimum absolute atomic E-state index is 0.201. The van der Waals surface area contributed by atoms with Gasteiger partial charge in [-0.25, -0.2) is 0 Å². The molecule has 1 amide bonds. The van der Waals surface area contributed by atoms with Gasteiger partial charge in [0.25, 0.3) is 0 Å². The van der Waals surface area contributed by atoms with Crippen molar-refractivity contribution >= 4 is 11.8 Å². The summed E-state index contributed by atoms with van der Waals surface area (Å²) >= 11 is 0. The van der Waals surface area contributed by atoms with E-state index in [0.717, 1.165) is 24.8 Å². The van der Waals surface area contributed by atoms with Crippen molar-refractivity contribution < 1.29 is 14.3 Å². The van der Waals surface area contributed by atoms with Gasteiger partial charge in [-0.1, -0.05) is 6.42 Å². The molecule has 1 aromatic rings. The standard InChI is InChI=1S/C16H23N3O3/c1-10-11(2)22-16(13(10)7-17)18-15(21)9-19(3)8-12-5-4-6-14(12)20/h12,14,20H,4-6,8-9H2,1-3H3,(H,18,21). The number of nitriles is 1. The number of carbonyl (C=O) groups excluding carboxylic acids is 1. The molecule has 0 aliphatic heterocycles. The summed E-state index contributed by atoms with van der Waals surface area (Å²) in [6, 6.07) is 2.05. The van der Waals surface area contributed by atoms with Crippen LogP contribution in [0.5, 0.6) is 0 Å². The number of carbonyl (C=O) groups is 1. The topological polar surface area (TPSA) is 89.5 Å². The molecule has 1 aliphatic rings. The molecule has 0 spiro atoms. The first-order chi connectivity index (χ1) is 10.4. The summed E-state index contributed by atoms with van der Waals surface area (Å²) < 4.78 is 5.43. The molecule has 2 N–H and O–H groups in total. The molecule has 0 saturated heterocycles. The number of aliphatic hydroxyl groups is 1. The summed E-state index contributed by atoms with van der Waals surface area (Å²) in [7, 11) is 1.86. The van der Waals surface area contributed by atoms with Gasteiger partial charge in [-0.05, 0) is 39.7 Å². The zero-order chi connectivity index (χ0) is 16.3. The van der Waals surface area contributed by atoms with Crippen LogP contribution in [0.3, 0.4) is 0 Å². The zero-order valence-electron chi connectivity index (χ0n) is 13.3. The van der Waals surface area contributed by atoms with Crippen molar-refractivity contribution in [3.8, 4) is 6.07 Å². The third-order valence-corrected chi connectivity index (χ3v) is 4.33. The minimum atomic E-state index is -0.258. The number of nitrogens with zero attached hydrogens (tertiary/aromatic N) is 2. The second-order valence-corrected chi connectivity index (χ2v) is 6.10. The Hall–Kier alpha value is -1.84. The van der Waals surface area contributed by atoms with Crippen LogP contribution in [0.2, 0.25) is 0 Å². The lowest BCUT2D eigenvalue weighted by atomic mass is 10.1. The molecule has 1 saturated carbocycles. The lowest BCUT2D eigenvalue weighted by Gasteiger charge is -2.22. The molecule has 6 nitrogen and oxygen atoms in total. The largest absolute Gasteiger partial charge is 0.444 e. The SMILES string of the molecule is Cc1oc(NC(=O)CN(C)CC2CCCC2O)c(C#N)c1C. The summed E-state index contributed by atoms with van der Waals surface area (Å²) in [6.07, 6.45) is 2.64. The van der Waals surface area contributed by atoms with Gasteiger partial charge in [-0.15, -0.1) is 0 Å². The predicted molar refractivity (Wildman–Crippen MR) is 82.4 cm³/mol. The average Bonchev–Trinajstić information content (AvgIpc) is 2.94. The van der Waals surface area contributed by atoms with Gasteiger partial charge in [0.05, 0.1) is 12.6 Å². The van der Waals surface area contributed by atoms with Crippen LogP contribution in [0.25, 0.3) is 0 Å². The molecule has 0 aromatic carbocycles. The highest BCUT2D eigenvalue weighted by atomic mass is 16.4. The highest BCUT2D eigenvalue weighted by Crippen LogP contribution is 2.26. The number of nitrogens with one attached hydrogen (secondary N) is 1. The minimum Gasteiger partial charge on any atom is -0.444 e. The molecule has 2 atom stereocenters. The Morgan fingerprint density at radius 2 is 2.23 bits per heavy atom. The van der Waals surface area contributed by atoms with Gasteiger partial charge in [0, 0.05) is 12.1 Å². The second kappa shape index (κ2) is 6.95. The van der Waals surface area contributed by atoms with Crippen LogP contribution in [0, 0.1) is 31.1 Å². The Labute approximate surface area is 130 Å². The third kappa shape index (κ3) is 3.67. The van der Waals surface area contributed by atoms with Crippen molar-refractivity contribution in [1.82, 2.24) is 4.90 Å². The molecule has 2 unspecified atom stereocenters. The fourth-order valence-electron chi connectivity index (χ4n) is 2.96. The lowest BCUT2D eigenvalue weighted by molar-refractivity contribution is -0.117. The van der Waals surface area contributed by atoms with Crippen LogP contribution in [0.1, 0.15) is 36.1 Å². The molecule has 1 heterocycles. The number of amides is 1. The lowest BCUT2D eigenvalue weighted by Crippen LogP contribution is -2.35. The normalized spacial score (nSPS) is 21.1. The Morgan fingerprint density at radius 1 is 1.50 bits per heavy atom. The number of hydrogen-bond donors (Lipinski definition) is 2. The highest BCUT2D eigenvalue weighted by Gasteiger charge is 2.26. The Kier molecular flexibility index (Phi) is 5.22. The first-order valence-corrected chi connectivity index (χ1v) is 7.59. The van der Waals surface area contributed by atoms with Gasteiger partial charge in [-0.3, -0.25) is 15.0 Å². The van der Waals surface area contributed by atoms with Gasteiger partial charge >= 0.3 is 0 Å². The Balaban J connectivity index is 1.90. The van der Waals surface area contributed by atoms with E-state index in [1.807, 2.05) is 11.9 Å². The van der Waals surface area contributed by atoms with E-state index in [1.54, 1.807) is 13.8 Å². The summed E-state index contributed by atoms with van der Waals surface area (Å²) in [5.41, 5.74) is 1.12. The van der Waals surface area contributed by atoms with E-state index in [4.69, 9.17) is 9.68 Å². The van der Waals surface area contributed by atoms with E-state index >= 15 is 0 Å². The highest BCUT2D eigenvalue weighted by molar-refractivity contribution is 5.92. The van der Waals surface area contributed by atoms with Crippen molar-refractivity contribution in [2.75, 3.05) is 25.5 Å². The number of furan rings is 1. The van der Waals surface area contributed by atoms with E-state index in [2.05, 4.69) is 11.4 Å². The molecule has 1 fully saturated rings. The van der Waals surface area contributed by atoms with Gasteiger partial charge in [0.15, 0.2) is 0 Å². The van der Waals surface area contributed by atoms with E-state index < -0.39 is 0 Å². The van der Waals surface area contributed by atoms with E-state index in [1.165, 1.54) is 0 Å². The van der Waals surface area contributed by atoms with Gasteiger partial charge in [0.2, 0.25) is 11.8 Å². The maximum absolute atomic E-state index is 12.1. The van der Waals surface area contributed by atoms with E-state index in [-0.39, 0.29) is 30.4 Å². The van der Waals surface area contributed by atoms with Crippen LogP contribution in [-0.2, 0) is 4.79 Å². The number of rotatable bonds is 5. The molecule has 0 bridgehead atoms. The number of hydrogen-bond acceptors (Lipinski definition) is 5. The molecule has 1 aliphatic carbocycles. The average molecular weight is 305 g/mol. The van der Waals surface area contributed by atoms with Crippen LogP contribution in [-0.4, -0.2) is 42.2 Å². The molecule has 1 aromatic heterocycles. The third-order valence-electron chi connectivity index (χ3n) is 4.33. The molecule has 22 heavy (non-hydrogen) atoms. The monoisotopic (exact) mass is 305 g/mol. The van der Waals surface area contributed by atoms with E-state index in [9.17, 15) is 9.90 Å². The maximum Gasteiger partial charge on any atom is 0.240 e. The molecular formula is C16H23N3O3.